The van der Waals surface area contributed by atoms with Crippen molar-refractivity contribution >= 4 is 11.6 Å². The predicted molar refractivity (Wildman–Crippen MR) is 79.0 cm³/mol. The summed E-state index contributed by atoms with van der Waals surface area (Å²) in [6.07, 6.45) is 4.60. The van der Waals surface area contributed by atoms with Gasteiger partial charge in [-0.15, -0.1) is 0 Å². The molecule has 108 valence electrons. The second-order valence-electron chi connectivity index (χ2n) is 5.79. The highest BCUT2D eigenvalue weighted by molar-refractivity contribution is 5.95. The maximum Gasteiger partial charge on any atom is 0.251 e. The van der Waals surface area contributed by atoms with E-state index in [0.29, 0.717) is 12.0 Å². The number of carbonyl (C=O) groups excluding carboxylic acids is 1. The van der Waals surface area contributed by atoms with Gasteiger partial charge < -0.3 is 15.4 Å². The molecule has 0 radical (unpaired) electrons. The number of ether oxygens (including phenoxy) is 1. The molecule has 1 aliphatic heterocycles. The molecular formula is C16H22N2O2. The number of benzene rings is 1. The van der Waals surface area contributed by atoms with Crippen molar-refractivity contribution in [3.05, 3.63) is 29.8 Å². The monoisotopic (exact) mass is 274 g/mol. The van der Waals surface area contributed by atoms with Gasteiger partial charge in [0, 0.05) is 30.4 Å². The molecule has 1 saturated heterocycles. The molecule has 0 bridgehead atoms. The summed E-state index contributed by atoms with van der Waals surface area (Å²) in [7, 11) is 0. The number of carbonyl (C=O) groups is 1. The summed E-state index contributed by atoms with van der Waals surface area (Å²) in [5.74, 6) is 0.616. The number of anilines is 1. The largest absolute Gasteiger partial charge is 0.385 e. The Hall–Kier alpha value is -1.55. The molecule has 1 amide bonds. The van der Waals surface area contributed by atoms with Crippen LogP contribution in [0.4, 0.5) is 5.69 Å². The van der Waals surface area contributed by atoms with Crippen molar-refractivity contribution in [1.29, 1.82) is 0 Å². The maximum atomic E-state index is 12.0. The van der Waals surface area contributed by atoms with E-state index in [2.05, 4.69) is 10.6 Å². The quantitative estimate of drug-likeness (QED) is 0.867. The lowest BCUT2D eigenvalue weighted by Crippen LogP contribution is -2.26. The van der Waals surface area contributed by atoms with Gasteiger partial charge in [-0.05, 0) is 49.8 Å². The Balaban J connectivity index is 1.54. The van der Waals surface area contributed by atoms with Crippen LogP contribution in [0.25, 0.3) is 0 Å². The van der Waals surface area contributed by atoms with E-state index >= 15 is 0 Å². The summed E-state index contributed by atoms with van der Waals surface area (Å²) >= 11 is 0. The molecule has 0 aromatic heterocycles. The van der Waals surface area contributed by atoms with E-state index in [-0.39, 0.29) is 5.91 Å². The first-order valence-electron chi connectivity index (χ1n) is 7.54. The smallest absolute Gasteiger partial charge is 0.251 e. The van der Waals surface area contributed by atoms with Crippen molar-refractivity contribution in [3.8, 4) is 0 Å². The van der Waals surface area contributed by atoms with Gasteiger partial charge in [0.1, 0.15) is 0 Å². The Labute approximate surface area is 119 Å². The third-order valence-electron chi connectivity index (χ3n) is 3.89. The summed E-state index contributed by atoms with van der Waals surface area (Å²) < 4.78 is 5.48. The minimum Gasteiger partial charge on any atom is -0.385 e. The van der Waals surface area contributed by atoms with Crippen LogP contribution in [0.1, 0.15) is 36.0 Å². The number of rotatable bonds is 5. The predicted octanol–water partition coefficient (Wildman–Crippen LogP) is 2.42. The highest BCUT2D eigenvalue weighted by Gasteiger charge is 2.23. The summed E-state index contributed by atoms with van der Waals surface area (Å²) in [6, 6.07) is 8.14. The lowest BCUT2D eigenvalue weighted by molar-refractivity contribution is 0.0595. The number of nitrogens with one attached hydrogen (secondary N) is 2. The summed E-state index contributed by atoms with van der Waals surface area (Å²) in [4.78, 5) is 12.0. The molecule has 1 aliphatic carbocycles. The van der Waals surface area contributed by atoms with Crippen molar-refractivity contribution in [2.75, 3.05) is 25.1 Å². The van der Waals surface area contributed by atoms with Crippen LogP contribution in [-0.2, 0) is 4.74 Å². The Morgan fingerprint density at radius 3 is 2.95 bits per heavy atom. The van der Waals surface area contributed by atoms with Crippen molar-refractivity contribution in [2.45, 2.75) is 31.7 Å². The lowest BCUT2D eigenvalue weighted by atomic mass is 10.0. The Morgan fingerprint density at radius 1 is 1.30 bits per heavy atom. The topological polar surface area (TPSA) is 50.4 Å². The van der Waals surface area contributed by atoms with Crippen molar-refractivity contribution < 1.29 is 9.53 Å². The molecule has 0 spiro atoms. The van der Waals surface area contributed by atoms with Crippen LogP contribution in [0.3, 0.4) is 0 Å². The number of hydrogen-bond donors (Lipinski definition) is 2. The zero-order chi connectivity index (χ0) is 13.8. The fourth-order valence-electron chi connectivity index (χ4n) is 2.50. The molecule has 1 unspecified atom stereocenters. The number of hydrogen-bond acceptors (Lipinski definition) is 3. The van der Waals surface area contributed by atoms with Crippen LogP contribution in [0.2, 0.25) is 0 Å². The second kappa shape index (κ2) is 6.27. The zero-order valence-electron chi connectivity index (χ0n) is 11.7. The van der Waals surface area contributed by atoms with E-state index in [9.17, 15) is 4.79 Å². The first kappa shape index (κ1) is 13.4. The molecular weight excluding hydrogens is 252 g/mol. The highest BCUT2D eigenvalue weighted by Crippen LogP contribution is 2.20. The van der Waals surface area contributed by atoms with Crippen LogP contribution < -0.4 is 10.6 Å². The molecule has 4 heteroatoms. The fourth-order valence-corrected chi connectivity index (χ4v) is 2.50. The van der Waals surface area contributed by atoms with E-state index in [4.69, 9.17) is 4.74 Å². The minimum absolute atomic E-state index is 0.0390. The molecule has 3 rings (SSSR count). The van der Waals surface area contributed by atoms with Gasteiger partial charge in [-0.25, -0.2) is 0 Å². The zero-order valence-corrected chi connectivity index (χ0v) is 11.7. The van der Waals surface area contributed by atoms with E-state index in [0.717, 1.165) is 50.3 Å². The lowest BCUT2D eigenvalue weighted by Gasteiger charge is -2.22. The Kier molecular flexibility index (Phi) is 4.21. The molecule has 1 saturated carbocycles. The van der Waals surface area contributed by atoms with Gasteiger partial charge in [0.15, 0.2) is 0 Å². The minimum atomic E-state index is 0.0390. The third kappa shape index (κ3) is 3.73. The summed E-state index contributed by atoms with van der Waals surface area (Å²) in [6.45, 7) is 2.65. The molecule has 1 aromatic carbocycles. The molecule has 20 heavy (non-hydrogen) atoms. The summed E-state index contributed by atoms with van der Waals surface area (Å²) in [5, 5.41) is 6.43. The van der Waals surface area contributed by atoms with Crippen LogP contribution >= 0.6 is 0 Å². The van der Waals surface area contributed by atoms with Crippen LogP contribution in [0, 0.1) is 5.92 Å². The van der Waals surface area contributed by atoms with Gasteiger partial charge >= 0.3 is 0 Å². The Bertz CT molecular complexity index is 465. The molecule has 2 aliphatic rings. The van der Waals surface area contributed by atoms with Crippen LogP contribution in [0.5, 0.6) is 0 Å². The van der Waals surface area contributed by atoms with Gasteiger partial charge in [0.2, 0.25) is 0 Å². The first-order valence-corrected chi connectivity index (χ1v) is 7.54. The average molecular weight is 274 g/mol. The first-order chi connectivity index (χ1) is 9.81. The molecule has 1 atom stereocenters. The number of amides is 1. The van der Waals surface area contributed by atoms with Crippen molar-refractivity contribution in [3.63, 3.8) is 0 Å². The van der Waals surface area contributed by atoms with E-state index in [1.54, 1.807) is 0 Å². The molecule has 1 aromatic rings. The normalized spacial score (nSPS) is 22.3. The second-order valence-corrected chi connectivity index (χ2v) is 5.79. The van der Waals surface area contributed by atoms with Crippen molar-refractivity contribution in [1.82, 2.24) is 5.32 Å². The van der Waals surface area contributed by atoms with Gasteiger partial charge in [0.05, 0.1) is 6.61 Å². The van der Waals surface area contributed by atoms with Crippen LogP contribution in [0.15, 0.2) is 24.3 Å². The maximum absolute atomic E-state index is 12.0. The van der Waals surface area contributed by atoms with E-state index in [1.165, 1.54) is 6.42 Å². The SMILES string of the molecule is O=C(NC1CC1)c1cccc(NCC2CCCOC2)c1. The van der Waals surface area contributed by atoms with Crippen molar-refractivity contribution in [2.24, 2.45) is 5.92 Å². The fraction of sp³-hybridized carbons (Fsp3) is 0.562. The van der Waals surface area contributed by atoms with Gasteiger partial charge in [-0.1, -0.05) is 6.07 Å². The molecule has 1 heterocycles. The molecule has 4 nitrogen and oxygen atoms in total. The van der Waals surface area contributed by atoms with E-state index < -0.39 is 0 Å². The van der Waals surface area contributed by atoms with Gasteiger partial charge in [-0.2, -0.15) is 0 Å². The third-order valence-corrected chi connectivity index (χ3v) is 3.89. The average Bonchev–Trinajstić information content (AvgIpc) is 3.30. The van der Waals surface area contributed by atoms with Gasteiger partial charge in [-0.3, -0.25) is 4.79 Å². The molecule has 2 fully saturated rings. The molecule has 2 N–H and O–H groups in total. The van der Waals surface area contributed by atoms with Crippen LogP contribution in [-0.4, -0.2) is 31.7 Å². The van der Waals surface area contributed by atoms with E-state index in [1.807, 2.05) is 24.3 Å². The standard InChI is InChI=1S/C16H22N2O2/c19-16(18-14-6-7-14)13-4-1-5-15(9-13)17-10-12-3-2-8-20-11-12/h1,4-5,9,12,14,17H,2-3,6-8,10-11H2,(H,18,19). The van der Waals surface area contributed by atoms with Gasteiger partial charge in [0.25, 0.3) is 5.91 Å². The highest BCUT2D eigenvalue weighted by atomic mass is 16.5. The summed E-state index contributed by atoms with van der Waals surface area (Å²) in [5.41, 5.74) is 1.75. The Morgan fingerprint density at radius 2 is 2.20 bits per heavy atom.